The summed E-state index contributed by atoms with van der Waals surface area (Å²) in [6.45, 7) is 5.63. The molecule has 0 atom stereocenters. The fourth-order valence-electron chi connectivity index (χ4n) is 1.06. The molecule has 6 heteroatoms. The predicted molar refractivity (Wildman–Crippen MR) is 56.5 cm³/mol. The van der Waals surface area contributed by atoms with Gasteiger partial charge in [-0.25, -0.2) is 15.2 Å². The molecule has 0 aliphatic heterocycles. The third-order valence-corrected chi connectivity index (χ3v) is 2.75. The van der Waals surface area contributed by atoms with Gasteiger partial charge < -0.3 is 5.73 Å². The summed E-state index contributed by atoms with van der Waals surface area (Å²) in [6, 6.07) is -0.664. The molecule has 1 rings (SSSR count). The van der Waals surface area contributed by atoms with Crippen LogP contribution >= 0.6 is 11.3 Å². The summed E-state index contributed by atoms with van der Waals surface area (Å²) >= 11 is 1.54. The number of urea groups is 1. The highest BCUT2D eigenvalue weighted by atomic mass is 32.1. The highest BCUT2D eigenvalue weighted by Gasteiger charge is 2.07. The minimum atomic E-state index is -0.664. The highest BCUT2D eigenvalue weighted by Crippen LogP contribution is 2.17. The van der Waals surface area contributed by atoms with E-state index < -0.39 is 6.03 Å². The molecule has 1 aromatic rings. The summed E-state index contributed by atoms with van der Waals surface area (Å²) in [4.78, 5) is 15.6. The van der Waals surface area contributed by atoms with Gasteiger partial charge in [-0.1, -0.05) is 0 Å². The molecule has 0 aliphatic carbocycles. The van der Waals surface area contributed by atoms with E-state index in [0.717, 1.165) is 15.6 Å². The fourth-order valence-corrected chi connectivity index (χ4v) is 1.92. The normalized spacial score (nSPS) is 11.5. The first kappa shape index (κ1) is 10.6. The van der Waals surface area contributed by atoms with Gasteiger partial charge in [0, 0.05) is 0 Å². The molecule has 1 aromatic heterocycles. The Bertz CT molecular complexity index is 383. The number of nitrogens with zero attached hydrogens (tertiary/aromatic N) is 2. The van der Waals surface area contributed by atoms with Gasteiger partial charge in [-0.3, -0.25) is 0 Å². The number of primary amides is 1. The predicted octanol–water partition coefficient (Wildman–Crippen LogP) is 1.15. The Kier molecular flexibility index (Phi) is 3.19. The van der Waals surface area contributed by atoms with Crippen molar-refractivity contribution in [3.63, 3.8) is 0 Å². The molecule has 0 saturated carbocycles. The van der Waals surface area contributed by atoms with Crippen molar-refractivity contribution in [1.29, 1.82) is 0 Å². The number of hydrazone groups is 1. The largest absolute Gasteiger partial charge is 0.350 e. The Balaban J connectivity index is 2.88. The van der Waals surface area contributed by atoms with Gasteiger partial charge in [-0.2, -0.15) is 5.10 Å². The lowest BCUT2D eigenvalue weighted by atomic mass is 10.3. The number of aromatic nitrogens is 1. The van der Waals surface area contributed by atoms with Crippen molar-refractivity contribution < 1.29 is 4.79 Å². The first-order valence-electron chi connectivity index (χ1n) is 4.05. The molecule has 14 heavy (non-hydrogen) atoms. The van der Waals surface area contributed by atoms with Crippen LogP contribution in [0.15, 0.2) is 5.10 Å². The standard InChI is InChI=1S/C8H12N4OS/c1-4-7(14-6(3)10-4)5(2)11-12-8(9)13/h1-3H3,(H3,9,12,13). The van der Waals surface area contributed by atoms with Gasteiger partial charge in [-0.05, 0) is 20.8 Å². The molecule has 0 spiro atoms. The number of amides is 2. The summed E-state index contributed by atoms with van der Waals surface area (Å²) < 4.78 is 0. The smallest absolute Gasteiger partial charge is 0.332 e. The first-order chi connectivity index (χ1) is 6.50. The lowest BCUT2D eigenvalue weighted by Gasteiger charge is -1.97. The van der Waals surface area contributed by atoms with Crippen LogP contribution < -0.4 is 11.2 Å². The minimum Gasteiger partial charge on any atom is -0.350 e. The average Bonchev–Trinajstić information content (AvgIpc) is 2.41. The van der Waals surface area contributed by atoms with Gasteiger partial charge in [0.1, 0.15) is 0 Å². The summed E-state index contributed by atoms with van der Waals surface area (Å²) in [5.41, 5.74) is 8.71. The van der Waals surface area contributed by atoms with Crippen molar-refractivity contribution in [2.24, 2.45) is 10.8 Å². The summed E-state index contributed by atoms with van der Waals surface area (Å²) in [6.07, 6.45) is 0. The SMILES string of the molecule is CC(=NNC(N)=O)c1sc(C)nc1C. The van der Waals surface area contributed by atoms with Gasteiger partial charge in [-0.15, -0.1) is 11.3 Å². The number of nitrogens with one attached hydrogen (secondary N) is 1. The molecule has 76 valence electrons. The van der Waals surface area contributed by atoms with Crippen molar-refractivity contribution in [3.05, 3.63) is 15.6 Å². The van der Waals surface area contributed by atoms with E-state index in [4.69, 9.17) is 5.73 Å². The zero-order chi connectivity index (χ0) is 10.7. The maximum Gasteiger partial charge on any atom is 0.332 e. The van der Waals surface area contributed by atoms with Crippen molar-refractivity contribution in [3.8, 4) is 0 Å². The summed E-state index contributed by atoms with van der Waals surface area (Å²) in [7, 11) is 0. The van der Waals surface area contributed by atoms with E-state index in [0.29, 0.717) is 5.71 Å². The van der Waals surface area contributed by atoms with Crippen LogP contribution in [0.3, 0.4) is 0 Å². The van der Waals surface area contributed by atoms with E-state index in [2.05, 4.69) is 15.5 Å². The van der Waals surface area contributed by atoms with Crippen LogP contribution in [-0.4, -0.2) is 16.7 Å². The Morgan fingerprint density at radius 3 is 2.64 bits per heavy atom. The molecular weight excluding hydrogens is 200 g/mol. The van der Waals surface area contributed by atoms with E-state index in [-0.39, 0.29) is 0 Å². The second kappa shape index (κ2) is 4.19. The van der Waals surface area contributed by atoms with Crippen LogP contribution in [0.25, 0.3) is 0 Å². The molecule has 0 aromatic carbocycles. The lowest BCUT2D eigenvalue weighted by molar-refractivity contribution is 0.249. The maximum atomic E-state index is 10.4. The Morgan fingerprint density at radius 2 is 2.21 bits per heavy atom. The molecule has 0 unspecified atom stereocenters. The van der Waals surface area contributed by atoms with Gasteiger partial charge in [0.15, 0.2) is 0 Å². The monoisotopic (exact) mass is 212 g/mol. The topological polar surface area (TPSA) is 80.4 Å². The minimum absolute atomic E-state index is 0.664. The van der Waals surface area contributed by atoms with Crippen LogP contribution in [0.5, 0.6) is 0 Å². The van der Waals surface area contributed by atoms with E-state index in [1.54, 1.807) is 18.3 Å². The van der Waals surface area contributed by atoms with E-state index >= 15 is 0 Å². The summed E-state index contributed by atoms with van der Waals surface area (Å²) in [5.74, 6) is 0. The quantitative estimate of drug-likeness (QED) is 0.569. The van der Waals surface area contributed by atoms with Gasteiger partial charge in [0.2, 0.25) is 0 Å². The third-order valence-electron chi connectivity index (χ3n) is 1.57. The van der Waals surface area contributed by atoms with E-state index in [1.165, 1.54) is 0 Å². The molecule has 0 bridgehead atoms. The van der Waals surface area contributed by atoms with E-state index in [1.807, 2.05) is 13.8 Å². The number of rotatable bonds is 2. The van der Waals surface area contributed by atoms with Crippen LogP contribution in [-0.2, 0) is 0 Å². The molecule has 0 aliphatic rings. The third kappa shape index (κ3) is 2.53. The molecule has 0 fully saturated rings. The zero-order valence-electron chi connectivity index (χ0n) is 8.29. The lowest BCUT2D eigenvalue weighted by Crippen LogP contribution is -2.25. The number of aryl methyl sites for hydroxylation is 2. The number of nitrogens with two attached hydrogens (primary N) is 1. The number of carbonyl (C=O) groups is 1. The van der Waals surface area contributed by atoms with Crippen LogP contribution in [0.4, 0.5) is 4.79 Å². The Morgan fingerprint density at radius 1 is 1.57 bits per heavy atom. The molecule has 0 saturated heterocycles. The number of hydrogen-bond donors (Lipinski definition) is 2. The van der Waals surface area contributed by atoms with Crippen molar-refractivity contribution in [2.45, 2.75) is 20.8 Å². The molecular formula is C8H12N4OS. The van der Waals surface area contributed by atoms with Gasteiger partial charge in [0.05, 0.1) is 21.3 Å². The highest BCUT2D eigenvalue weighted by molar-refractivity contribution is 7.13. The molecule has 2 amide bonds. The second-order valence-electron chi connectivity index (χ2n) is 2.82. The second-order valence-corrected chi connectivity index (χ2v) is 4.02. The van der Waals surface area contributed by atoms with E-state index in [9.17, 15) is 4.79 Å². The van der Waals surface area contributed by atoms with Crippen molar-refractivity contribution in [2.75, 3.05) is 0 Å². The molecule has 3 N–H and O–H groups in total. The molecule has 0 radical (unpaired) electrons. The van der Waals surface area contributed by atoms with Gasteiger partial charge in [0.25, 0.3) is 0 Å². The van der Waals surface area contributed by atoms with Crippen LogP contribution in [0.2, 0.25) is 0 Å². The summed E-state index contributed by atoms with van der Waals surface area (Å²) in [5, 5.41) is 4.81. The number of carbonyl (C=O) groups excluding carboxylic acids is 1. The zero-order valence-corrected chi connectivity index (χ0v) is 9.10. The fraction of sp³-hybridized carbons (Fsp3) is 0.375. The maximum absolute atomic E-state index is 10.4. The number of thiazole rings is 1. The van der Waals surface area contributed by atoms with Crippen LogP contribution in [0, 0.1) is 13.8 Å². The number of hydrogen-bond acceptors (Lipinski definition) is 4. The van der Waals surface area contributed by atoms with Crippen molar-refractivity contribution >= 4 is 23.1 Å². The molecule has 1 heterocycles. The Labute approximate surface area is 86.0 Å². The van der Waals surface area contributed by atoms with Gasteiger partial charge >= 0.3 is 6.03 Å². The van der Waals surface area contributed by atoms with Crippen LogP contribution in [0.1, 0.15) is 22.5 Å². The Hall–Kier alpha value is -1.43. The molecule has 5 nitrogen and oxygen atoms in total. The average molecular weight is 212 g/mol. The first-order valence-corrected chi connectivity index (χ1v) is 4.86. The van der Waals surface area contributed by atoms with Crippen molar-refractivity contribution in [1.82, 2.24) is 10.4 Å².